The maximum atomic E-state index is 10.4. The fraction of sp³-hybridized carbons (Fsp3) is 0.545. The van der Waals surface area contributed by atoms with E-state index in [-0.39, 0.29) is 11.8 Å². The summed E-state index contributed by atoms with van der Waals surface area (Å²) in [5.74, 6) is -0.716. The van der Waals surface area contributed by atoms with Gasteiger partial charge in [0.1, 0.15) is 0 Å². The maximum absolute atomic E-state index is 10.4. The van der Waals surface area contributed by atoms with Crippen molar-refractivity contribution in [1.82, 2.24) is 0 Å². The average molecular weight is 180 g/mol. The fourth-order valence-electron chi connectivity index (χ4n) is 1.57. The van der Waals surface area contributed by atoms with E-state index < -0.39 is 5.97 Å². The molecule has 1 rings (SSSR count). The van der Waals surface area contributed by atoms with Gasteiger partial charge < -0.3 is 5.11 Å². The third-order valence-electron chi connectivity index (χ3n) is 2.54. The first-order valence-electron chi connectivity index (χ1n) is 4.60. The van der Waals surface area contributed by atoms with E-state index in [1.54, 1.807) is 0 Å². The highest BCUT2D eigenvalue weighted by Gasteiger charge is 2.23. The van der Waals surface area contributed by atoms with Gasteiger partial charge in [0, 0.05) is 6.42 Å². The normalized spacial score (nSPS) is 19.7. The van der Waals surface area contributed by atoms with Crippen LogP contribution in [0.4, 0.5) is 0 Å². The van der Waals surface area contributed by atoms with E-state index in [1.807, 2.05) is 12.2 Å². The van der Waals surface area contributed by atoms with Crippen molar-refractivity contribution in [2.45, 2.75) is 33.1 Å². The molecule has 13 heavy (non-hydrogen) atoms. The molecule has 2 heteroatoms. The van der Waals surface area contributed by atoms with E-state index in [0.29, 0.717) is 6.42 Å². The third kappa shape index (κ3) is 2.72. The van der Waals surface area contributed by atoms with E-state index >= 15 is 0 Å². The SMILES string of the molecule is CC1(C)CC=CC=C1CCC(=O)O. The lowest BCUT2D eigenvalue weighted by Gasteiger charge is -2.28. The topological polar surface area (TPSA) is 37.3 Å². The molecular formula is C11H16O2. The van der Waals surface area contributed by atoms with Gasteiger partial charge >= 0.3 is 5.97 Å². The molecule has 1 aliphatic rings. The van der Waals surface area contributed by atoms with Gasteiger partial charge in [0.2, 0.25) is 0 Å². The highest BCUT2D eigenvalue weighted by atomic mass is 16.4. The zero-order chi connectivity index (χ0) is 9.90. The van der Waals surface area contributed by atoms with Crippen LogP contribution >= 0.6 is 0 Å². The molecule has 0 spiro atoms. The first kappa shape index (κ1) is 10.0. The van der Waals surface area contributed by atoms with Crippen molar-refractivity contribution in [2.75, 3.05) is 0 Å². The number of hydrogen-bond acceptors (Lipinski definition) is 1. The summed E-state index contributed by atoms with van der Waals surface area (Å²) in [6, 6.07) is 0. The second-order valence-electron chi connectivity index (χ2n) is 4.10. The standard InChI is InChI=1S/C11H16O2/c1-11(2)8-4-3-5-9(11)6-7-10(12)13/h3-5H,6-8H2,1-2H3,(H,12,13). The van der Waals surface area contributed by atoms with E-state index in [9.17, 15) is 4.79 Å². The Morgan fingerprint density at radius 2 is 2.31 bits per heavy atom. The molecule has 0 aromatic carbocycles. The van der Waals surface area contributed by atoms with Crippen LogP contribution in [0.25, 0.3) is 0 Å². The van der Waals surface area contributed by atoms with E-state index in [0.717, 1.165) is 6.42 Å². The lowest BCUT2D eigenvalue weighted by molar-refractivity contribution is -0.137. The highest BCUT2D eigenvalue weighted by Crippen LogP contribution is 2.36. The second-order valence-corrected chi connectivity index (χ2v) is 4.10. The van der Waals surface area contributed by atoms with Crippen molar-refractivity contribution >= 4 is 5.97 Å². The van der Waals surface area contributed by atoms with Crippen LogP contribution in [0, 0.1) is 5.41 Å². The predicted octanol–water partition coefficient (Wildman–Crippen LogP) is 2.76. The maximum Gasteiger partial charge on any atom is 0.303 e. The number of allylic oxidation sites excluding steroid dienone is 4. The van der Waals surface area contributed by atoms with Gasteiger partial charge in [-0.1, -0.05) is 37.6 Å². The number of carboxylic acid groups (broad SMARTS) is 1. The Balaban J connectivity index is 2.60. The molecule has 0 heterocycles. The van der Waals surface area contributed by atoms with Gasteiger partial charge in [0.05, 0.1) is 0 Å². The summed E-state index contributed by atoms with van der Waals surface area (Å²) < 4.78 is 0. The van der Waals surface area contributed by atoms with Crippen LogP contribution in [0.2, 0.25) is 0 Å². The van der Waals surface area contributed by atoms with Gasteiger partial charge in [-0.25, -0.2) is 0 Å². The minimum atomic E-state index is -0.716. The van der Waals surface area contributed by atoms with E-state index in [1.165, 1.54) is 5.57 Å². The molecule has 0 unspecified atom stereocenters. The Morgan fingerprint density at radius 1 is 1.62 bits per heavy atom. The zero-order valence-electron chi connectivity index (χ0n) is 8.21. The van der Waals surface area contributed by atoms with Gasteiger partial charge in [0.15, 0.2) is 0 Å². The van der Waals surface area contributed by atoms with Crippen LogP contribution in [0.5, 0.6) is 0 Å². The largest absolute Gasteiger partial charge is 0.481 e. The van der Waals surface area contributed by atoms with Gasteiger partial charge in [-0.3, -0.25) is 4.79 Å². The van der Waals surface area contributed by atoms with Crippen molar-refractivity contribution in [1.29, 1.82) is 0 Å². The first-order valence-corrected chi connectivity index (χ1v) is 4.60. The van der Waals surface area contributed by atoms with E-state index in [2.05, 4.69) is 19.9 Å². The van der Waals surface area contributed by atoms with Gasteiger partial charge in [-0.15, -0.1) is 0 Å². The van der Waals surface area contributed by atoms with Gasteiger partial charge in [-0.2, -0.15) is 0 Å². The number of hydrogen-bond donors (Lipinski definition) is 1. The Hall–Kier alpha value is -1.05. The quantitative estimate of drug-likeness (QED) is 0.725. The molecule has 0 amide bonds. The summed E-state index contributed by atoms with van der Waals surface area (Å²) in [4.78, 5) is 10.4. The van der Waals surface area contributed by atoms with Crippen molar-refractivity contribution in [2.24, 2.45) is 5.41 Å². The minimum Gasteiger partial charge on any atom is -0.481 e. The summed E-state index contributed by atoms with van der Waals surface area (Å²) in [6.45, 7) is 4.31. The molecule has 0 atom stereocenters. The molecule has 1 aliphatic carbocycles. The van der Waals surface area contributed by atoms with Crippen LogP contribution in [-0.4, -0.2) is 11.1 Å². The molecule has 0 saturated heterocycles. The Bertz CT molecular complexity index is 259. The predicted molar refractivity (Wildman–Crippen MR) is 52.5 cm³/mol. The minimum absolute atomic E-state index is 0.143. The summed E-state index contributed by atoms with van der Waals surface area (Å²) in [7, 11) is 0. The summed E-state index contributed by atoms with van der Waals surface area (Å²) in [6.07, 6.45) is 8.12. The number of aliphatic carboxylic acids is 1. The van der Waals surface area contributed by atoms with Crippen LogP contribution < -0.4 is 0 Å². The molecule has 0 saturated carbocycles. The lowest BCUT2D eigenvalue weighted by Crippen LogP contribution is -2.16. The molecule has 0 bridgehead atoms. The van der Waals surface area contributed by atoms with Crippen molar-refractivity contribution < 1.29 is 9.90 Å². The third-order valence-corrected chi connectivity index (χ3v) is 2.54. The summed E-state index contributed by atoms with van der Waals surface area (Å²) >= 11 is 0. The highest BCUT2D eigenvalue weighted by molar-refractivity contribution is 5.67. The number of rotatable bonds is 3. The van der Waals surface area contributed by atoms with Crippen LogP contribution in [0.1, 0.15) is 33.1 Å². The molecule has 1 N–H and O–H groups in total. The smallest absolute Gasteiger partial charge is 0.303 e. The van der Waals surface area contributed by atoms with Crippen molar-refractivity contribution in [3.05, 3.63) is 23.8 Å². The molecule has 0 aromatic rings. The zero-order valence-corrected chi connectivity index (χ0v) is 8.21. The van der Waals surface area contributed by atoms with Crippen LogP contribution in [-0.2, 0) is 4.79 Å². The molecule has 0 radical (unpaired) electrons. The molecule has 72 valence electrons. The second kappa shape index (κ2) is 3.77. The molecular weight excluding hydrogens is 164 g/mol. The molecule has 0 fully saturated rings. The first-order chi connectivity index (χ1) is 6.02. The monoisotopic (exact) mass is 180 g/mol. The van der Waals surface area contributed by atoms with Crippen LogP contribution in [0.15, 0.2) is 23.8 Å². The summed E-state index contributed by atoms with van der Waals surface area (Å²) in [5.41, 5.74) is 1.39. The Kier molecular flexibility index (Phi) is 2.91. The average Bonchev–Trinajstić information content (AvgIpc) is 2.01. The summed E-state index contributed by atoms with van der Waals surface area (Å²) in [5, 5.41) is 8.57. The molecule has 0 aliphatic heterocycles. The van der Waals surface area contributed by atoms with Crippen molar-refractivity contribution in [3.8, 4) is 0 Å². The van der Waals surface area contributed by atoms with E-state index in [4.69, 9.17) is 5.11 Å². The number of carbonyl (C=O) groups is 1. The number of carboxylic acids is 1. The molecule has 2 nitrogen and oxygen atoms in total. The fourth-order valence-corrected chi connectivity index (χ4v) is 1.57. The van der Waals surface area contributed by atoms with Gasteiger partial charge in [0.25, 0.3) is 0 Å². The Morgan fingerprint density at radius 3 is 2.85 bits per heavy atom. The Labute approximate surface area is 79.0 Å². The van der Waals surface area contributed by atoms with Gasteiger partial charge in [-0.05, 0) is 18.3 Å². The van der Waals surface area contributed by atoms with Crippen molar-refractivity contribution in [3.63, 3.8) is 0 Å². The molecule has 0 aromatic heterocycles. The van der Waals surface area contributed by atoms with Crippen LogP contribution in [0.3, 0.4) is 0 Å². The lowest BCUT2D eigenvalue weighted by atomic mass is 9.76.